The zero-order valence-electron chi connectivity index (χ0n) is 6.66. The topological polar surface area (TPSA) is 57.5 Å². The Morgan fingerprint density at radius 1 is 1.82 bits per heavy atom. The minimum atomic E-state index is -1.80. The standard InChI is InChI=1S/C8H12O3/c1-4-6(5-2)8(3,11)7(9)10/h1,6,11H,5H2,2-3H3,(H,9,10). The predicted octanol–water partition coefficient (Wildman–Crippen LogP) is 0.481. The van der Waals surface area contributed by atoms with Crippen molar-refractivity contribution in [3.8, 4) is 12.3 Å². The lowest BCUT2D eigenvalue weighted by Gasteiger charge is -2.23. The van der Waals surface area contributed by atoms with Crippen LogP contribution in [0.4, 0.5) is 0 Å². The van der Waals surface area contributed by atoms with Crippen LogP contribution in [0.2, 0.25) is 0 Å². The Morgan fingerprint density at radius 2 is 2.27 bits per heavy atom. The van der Waals surface area contributed by atoms with E-state index in [0.29, 0.717) is 6.42 Å². The molecule has 0 aromatic heterocycles. The van der Waals surface area contributed by atoms with Gasteiger partial charge in [0.15, 0.2) is 5.60 Å². The summed E-state index contributed by atoms with van der Waals surface area (Å²) in [6.07, 6.45) is 5.49. The third kappa shape index (κ3) is 1.95. The molecule has 11 heavy (non-hydrogen) atoms. The van der Waals surface area contributed by atoms with Gasteiger partial charge >= 0.3 is 5.97 Å². The summed E-state index contributed by atoms with van der Waals surface area (Å²) in [6, 6.07) is 0. The minimum absolute atomic E-state index is 0.454. The van der Waals surface area contributed by atoms with Crippen LogP contribution in [0.25, 0.3) is 0 Å². The van der Waals surface area contributed by atoms with Crippen LogP contribution in [0.5, 0.6) is 0 Å². The number of hydrogen-bond acceptors (Lipinski definition) is 2. The normalized spacial score (nSPS) is 18.0. The van der Waals surface area contributed by atoms with Crippen molar-refractivity contribution in [1.82, 2.24) is 0 Å². The molecule has 2 atom stereocenters. The van der Waals surface area contributed by atoms with Gasteiger partial charge in [-0.15, -0.1) is 6.42 Å². The smallest absolute Gasteiger partial charge is 0.336 e. The Labute approximate surface area is 66.0 Å². The number of terminal acetylenes is 1. The van der Waals surface area contributed by atoms with Gasteiger partial charge in [-0.25, -0.2) is 4.79 Å². The SMILES string of the molecule is C#CC(CC)C(C)(O)C(=O)O. The van der Waals surface area contributed by atoms with Crippen molar-refractivity contribution in [2.45, 2.75) is 25.9 Å². The van der Waals surface area contributed by atoms with Crippen molar-refractivity contribution < 1.29 is 15.0 Å². The van der Waals surface area contributed by atoms with Crippen LogP contribution >= 0.6 is 0 Å². The Morgan fingerprint density at radius 3 is 2.36 bits per heavy atom. The van der Waals surface area contributed by atoms with Gasteiger partial charge in [0.1, 0.15) is 0 Å². The summed E-state index contributed by atoms with van der Waals surface area (Å²) in [7, 11) is 0. The zero-order chi connectivity index (χ0) is 9.07. The molecule has 0 aliphatic rings. The molecule has 0 amide bonds. The summed E-state index contributed by atoms with van der Waals surface area (Å²) >= 11 is 0. The molecule has 0 radical (unpaired) electrons. The molecule has 2 N–H and O–H groups in total. The second-order valence-electron chi connectivity index (χ2n) is 2.58. The Balaban J connectivity index is 4.54. The summed E-state index contributed by atoms with van der Waals surface area (Å²) in [4.78, 5) is 10.4. The fraction of sp³-hybridized carbons (Fsp3) is 0.625. The first-order valence-electron chi connectivity index (χ1n) is 3.38. The molecular formula is C8H12O3. The summed E-state index contributed by atoms with van der Waals surface area (Å²) in [6.45, 7) is 2.95. The number of aliphatic hydroxyl groups is 1. The molecule has 0 aliphatic carbocycles. The van der Waals surface area contributed by atoms with Gasteiger partial charge in [0.05, 0.1) is 5.92 Å². The molecule has 0 heterocycles. The Bertz CT molecular complexity index is 188. The maximum atomic E-state index is 10.4. The first-order chi connectivity index (χ1) is 4.96. The molecule has 3 nitrogen and oxygen atoms in total. The molecule has 0 saturated heterocycles. The van der Waals surface area contributed by atoms with E-state index in [1.807, 2.05) is 0 Å². The lowest BCUT2D eigenvalue weighted by molar-refractivity contribution is -0.160. The van der Waals surface area contributed by atoms with Crippen LogP contribution in [0.3, 0.4) is 0 Å². The molecule has 0 rings (SSSR count). The molecule has 62 valence electrons. The van der Waals surface area contributed by atoms with Crippen molar-refractivity contribution in [2.75, 3.05) is 0 Å². The van der Waals surface area contributed by atoms with E-state index in [1.54, 1.807) is 6.92 Å². The van der Waals surface area contributed by atoms with Crippen LogP contribution in [0.1, 0.15) is 20.3 Å². The van der Waals surface area contributed by atoms with Crippen molar-refractivity contribution in [3.63, 3.8) is 0 Å². The van der Waals surface area contributed by atoms with E-state index in [4.69, 9.17) is 11.5 Å². The largest absolute Gasteiger partial charge is 0.479 e. The molecule has 2 unspecified atom stereocenters. The van der Waals surface area contributed by atoms with Crippen LogP contribution in [0.15, 0.2) is 0 Å². The van der Waals surface area contributed by atoms with Crippen LogP contribution < -0.4 is 0 Å². The highest BCUT2D eigenvalue weighted by molar-refractivity contribution is 5.77. The van der Waals surface area contributed by atoms with E-state index < -0.39 is 17.5 Å². The van der Waals surface area contributed by atoms with Crippen molar-refractivity contribution in [1.29, 1.82) is 0 Å². The quantitative estimate of drug-likeness (QED) is 0.584. The Hall–Kier alpha value is -1.01. The molecule has 0 aromatic rings. The second-order valence-corrected chi connectivity index (χ2v) is 2.58. The van der Waals surface area contributed by atoms with Crippen LogP contribution in [-0.4, -0.2) is 21.8 Å². The van der Waals surface area contributed by atoms with Gasteiger partial charge in [0.2, 0.25) is 0 Å². The van der Waals surface area contributed by atoms with E-state index in [0.717, 1.165) is 0 Å². The van der Waals surface area contributed by atoms with E-state index in [-0.39, 0.29) is 0 Å². The molecule has 0 aromatic carbocycles. The number of carboxylic acid groups (broad SMARTS) is 1. The van der Waals surface area contributed by atoms with E-state index in [9.17, 15) is 9.90 Å². The molecule has 0 aliphatic heterocycles. The molecule has 0 fully saturated rings. The van der Waals surface area contributed by atoms with Crippen LogP contribution in [-0.2, 0) is 4.79 Å². The Kier molecular flexibility index (Phi) is 3.09. The van der Waals surface area contributed by atoms with Gasteiger partial charge in [-0.1, -0.05) is 12.8 Å². The third-order valence-electron chi connectivity index (χ3n) is 1.72. The van der Waals surface area contributed by atoms with Gasteiger partial charge in [-0.2, -0.15) is 0 Å². The van der Waals surface area contributed by atoms with Gasteiger partial charge in [-0.05, 0) is 13.3 Å². The van der Waals surface area contributed by atoms with E-state index in [2.05, 4.69) is 5.92 Å². The fourth-order valence-electron chi connectivity index (χ4n) is 0.827. The molecule has 0 spiro atoms. The predicted molar refractivity (Wildman–Crippen MR) is 40.9 cm³/mol. The van der Waals surface area contributed by atoms with Crippen molar-refractivity contribution >= 4 is 5.97 Å². The average Bonchev–Trinajstić information content (AvgIpc) is 1.89. The third-order valence-corrected chi connectivity index (χ3v) is 1.72. The highest BCUT2D eigenvalue weighted by Gasteiger charge is 2.37. The monoisotopic (exact) mass is 156 g/mol. The van der Waals surface area contributed by atoms with Gasteiger partial charge in [0.25, 0.3) is 0 Å². The number of aliphatic carboxylic acids is 1. The minimum Gasteiger partial charge on any atom is -0.479 e. The lowest BCUT2D eigenvalue weighted by Crippen LogP contribution is -2.41. The number of carboxylic acids is 1. The molecular weight excluding hydrogens is 144 g/mol. The summed E-state index contributed by atoms with van der Waals surface area (Å²) < 4.78 is 0. The number of carbonyl (C=O) groups is 1. The molecule has 3 heteroatoms. The number of rotatable bonds is 3. The maximum Gasteiger partial charge on any atom is 0.336 e. The van der Waals surface area contributed by atoms with Gasteiger partial charge in [0, 0.05) is 0 Å². The van der Waals surface area contributed by atoms with Gasteiger partial charge < -0.3 is 10.2 Å². The van der Waals surface area contributed by atoms with E-state index >= 15 is 0 Å². The lowest BCUT2D eigenvalue weighted by atomic mass is 9.88. The van der Waals surface area contributed by atoms with Crippen LogP contribution in [0, 0.1) is 18.3 Å². The highest BCUT2D eigenvalue weighted by atomic mass is 16.4. The van der Waals surface area contributed by atoms with Gasteiger partial charge in [-0.3, -0.25) is 0 Å². The average molecular weight is 156 g/mol. The second kappa shape index (κ2) is 3.40. The first kappa shape index (κ1) is 9.99. The summed E-state index contributed by atoms with van der Waals surface area (Å²) in [5, 5.41) is 17.8. The van der Waals surface area contributed by atoms with E-state index in [1.165, 1.54) is 6.92 Å². The number of hydrogen-bond donors (Lipinski definition) is 2. The summed E-state index contributed by atoms with van der Waals surface area (Å²) in [5.41, 5.74) is -1.80. The fourth-order valence-corrected chi connectivity index (χ4v) is 0.827. The van der Waals surface area contributed by atoms with Crippen molar-refractivity contribution in [2.24, 2.45) is 5.92 Å². The maximum absolute atomic E-state index is 10.4. The highest BCUT2D eigenvalue weighted by Crippen LogP contribution is 2.19. The molecule has 0 saturated carbocycles. The molecule has 0 bridgehead atoms. The van der Waals surface area contributed by atoms with Crippen molar-refractivity contribution in [3.05, 3.63) is 0 Å². The zero-order valence-corrected chi connectivity index (χ0v) is 6.66. The first-order valence-corrected chi connectivity index (χ1v) is 3.38. The summed E-state index contributed by atoms with van der Waals surface area (Å²) in [5.74, 6) is 0.342.